The van der Waals surface area contributed by atoms with Crippen LogP contribution in [0.15, 0.2) is 48.7 Å². The lowest BCUT2D eigenvalue weighted by atomic mass is 10.1. The van der Waals surface area contributed by atoms with Gasteiger partial charge in [0, 0.05) is 40.3 Å². The van der Waals surface area contributed by atoms with Crippen LogP contribution in [0.1, 0.15) is 17.0 Å². The Labute approximate surface area is 132 Å². The molecule has 0 aliphatic rings. The van der Waals surface area contributed by atoms with Crippen LogP contribution in [0.4, 0.5) is 0 Å². The first-order valence-electron chi connectivity index (χ1n) is 6.74. The highest BCUT2D eigenvalue weighted by Crippen LogP contribution is 2.22. The van der Waals surface area contributed by atoms with Crippen LogP contribution in [0.25, 0.3) is 17.0 Å². The van der Waals surface area contributed by atoms with E-state index in [1.165, 1.54) is 6.08 Å². The predicted octanol–water partition coefficient (Wildman–Crippen LogP) is 3.90. The van der Waals surface area contributed by atoms with E-state index in [0.29, 0.717) is 17.1 Å². The van der Waals surface area contributed by atoms with Gasteiger partial charge in [-0.1, -0.05) is 17.7 Å². The normalized spacial score (nSPS) is 11.3. The number of rotatable bonds is 4. The standard InChI is InChI=1S/C17H13ClN2O2/c18-13-3-4-16-12(8-13)10-14(20-16)9-11-2-1-7-19-15(11)5-6-17(21)22/h1-8,10,20H,9H2,(H,21,22)/b6-5+. The molecule has 2 aromatic heterocycles. The molecule has 0 saturated carbocycles. The molecule has 0 amide bonds. The number of benzene rings is 1. The molecule has 3 aromatic rings. The summed E-state index contributed by atoms with van der Waals surface area (Å²) in [7, 11) is 0. The van der Waals surface area contributed by atoms with Crippen molar-refractivity contribution in [3.63, 3.8) is 0 Å². The van der Waals surface area contributed by atoms with E-state index in [0.717, 1.165) is 28.2 Å². The quantitative estimate of drug-likeness (QED) is 0.718. The first-order chi connectivity index (χ1) is 10.6. The summed E-state index contributed by atoms with van der Waals surface area (Å²) >= 11 is 6.00. The topological polar surface area (TPSA) is 66.0 Å². The zero-order valence-electron chi connectivity index (χ0n) is 11.6. The van der Waals surface area contributed by atoms with Crippen molar-refractivity contribution in [2.45, 2.75) is 6.42 Å². The highest BCUT2D eigenvalue weighted by molar-refractivity contribution is 6.31. The largest absolute Gasteiger partial charge is 0.478 e. The van der Waals surface area contributed by atoms with Crippen LogP contribution >= 0.6 is 11.6 Å². The SMILES string of the molecule is O=C(O)/C=C/c1ncccc1Cc1cc2cc(Cl)ccc2[nH]1. The Hall–Kier alpha value is -2.59. The van der Waals surface area contributed by atoms with E-state index >= 15 is 0 Å². The van der Waals surface area contributed by atoms with Gasteiger partial charge in [0.15, 0.2) is 0 Å². The Balaban J connectivity index is 1.93. The van der Waals surface area contributed by atoms with E-state index < -0.39 is 5.97 Å². The number of aliphatic carboxylic acids is 1. The molecule has 0 aliphatic heterocycles. The van der Waals surface area contributed by atoms with Crippen molar-refractivity contribution in [3.8, 4) is 0 Å². The number of carbonyl (C=O) groups is 1. The number of hydrogen-bond donors (Lipinski definition) is 2. The van der Waals surface area contributed by atoms with Gasteiger partial charge in [-0.05, 0) is 42.0 Å². The summed E-state index contributed by atoms with van der Waals surface area (Å²) in [5.74, 6) is -0.989. The molecule has 0 radical (unpaired) electrons. The van der Waals surface area contributed by atoms with Crippen molar-refractivity contribution in [3.05, 3.63) is 70.6 Å². The monoisotopic (exact) mass is 312 g/mol. The molecule has 0 atom stereocenters. The van der Waals surface area contributed by atoms with Crippen molar-refractivity contribution in [1.82, 2.24) is 9.97 Å². The van der Waals surface area contributed by atoms with Gasteiger partial charge in [-0.25, -0.2) is 4.79 Å². The number of pyridine rings is 1. The molecule has 0 saturated heterocycles. The number of aromatic amines is 1. The molecule has 2 N–H and O–H groups in total. The van der Waals surface area contributed by atoms with Crippen molar-refractivity contribution in [2.75, 3.05) is 0 Å². The molecule has 0 fully saturated rings. The van der Waals surface area contributed by atoms with Gasteiger partial charge in [0.1, 0.15) is 0 Å². The van der Waals surface area contributed by atoms with Crippen LogP contribution in [0.3, 0.4) is 0 Å². The third-order valence-corrected chi connectivity index (χ3v) is 3.56. The fourth-order valence-electron chi connectivity index (χ4n) is 2.36. The first kappa shape index (κ1) is 14.4. The maximum atomic E-state index is 10.7. The Bertz CT molecular complexity index is 868. The zero-order chi connectivity index (χ0) is 15.5. The van der Waals surface area contributed by atoms with Crippen LogP contribution in [-0.2, 0) is 11.2 Å². The lowest BCUT2D eigenvalue weighted by Gasteiger charge is -2.03. The first-order valence-corrected chi connectivity index (χ1v) is 7.11. The number of carboxylic acids is 1. The fourth-order valence-corrected chi connectivity index (χ4v) is 2.55. The number of carboxylic acid groups (broad SMARTS) is 1. The van der Waals surface area contributed by atoms with Gasteiger partial charge in [0.05, 0.1) is 5.69 Å². The lowest BCUT2D eigenvalue weighted by molar-refractivity contribution is -0.131. The fraction of sp³-hybridized carbons (Fsp3) is 0.0588. The molecule has 0 bridgehead atoms. The number of fused-ring (bicyclic) bond motifs is 1. The number of H-pyrrole nitrogens is 1. The summed E-state index contributed by atoms with van der Waals surface area (Å²) in [4.78, 5) is 18.2. The predicted molar refractivity (Wildman–Crippen MR) is 87.0 cm³/mol. The third-order valence-electron chi connectivity index (χ3n) is 3.33. The summed E-state index contributed by atoms with van der Waals surface area (Å²) < 4.78 is 0. The maximum absolute atomic E-state index is 10.7. The minimum absolute atomic E-state index is 0.638. The van der Waals surface area contributed by atoms with Gasteiger partial charge in [0.2, 0.25) is 0 Å². The highest BCUT2D eigenvalue weighted by Gasteiger charge is 2.06. The molecule has 3 rings (SSSR count). The van der Waals surface area contributed by atoms with Gasteiger partial charge in [-0.15, -0.1) is 0 Å². The van der Waals surface area contributed by atoms with E-state index in [1.807, 2.05) is 36.4 Å². The van der Waals surface area contributed by atoms with Gasteiger partial charge in [0.25, 0.3) is 0 Å². The number of nitrogens with one attached hydrogen (secondary N) is 1. The molecular weight excluding hydrogens is 300 g/mol. The van der Waals surface area contributed by atoms with E-state index in [2.05, 4.69) is 9.97 Å². The summed E-state index contributed by atoms with van der Waals surface area (Å²) in [5.41, 5.74) is 3.65. The molecule has 0 aliphatic carbocycles. The summed E-state index contributed by atoms with van der Waals surface area (Å²) in [6, 6.07) is 11.5. The van der Waals surface area contributed by atoms with Crippen molar-refractivity contribution in [2.24, 2.45) is 0 Å². The highest BCUT2D eigenvalue weighted by atomic mass is 35.5. The summed E-state index contributed by atoms with van der Waals surface area (Å²) in [5, 5.41) is 10.5. The van der Waals surface area contributed by atoms with Crippen LogP contribution in [0, 0.1) is 0 Å². The van der Waals surface area contributed by atoms with Crippen LogP contribution in [-0.4, -0.2) is 21.0 Å². The van der Waals surface area contributed by atoms with Crippen LogP contribution < -0.4 is 0 Å². The van der Waals surface area contributed by atoms with Crippen LogP contribution in [0.5, 0.6) is 0 Å². The van der Waals surface area contributed by atoms with E-state index in [-0.39, 0.29) is 0 Å². The Morgan fingerprint density at radius 3 is 3.00 bits per heavy atom. The molecule has 1 aromatic carbocycles. The van der Waals surface area contributed by atoms with Gasteiger partial charge >= 0.3 is 5.97 Å². The lowest BCUT2D eigenvalue weighted by Crippen LogP contribution is -1.95. The maximum Gasteiger partial charge on any atom is 0.328 e. The molecule has 22 heavy (non-hydrogen) atoms. The third kappa shape index (κ3) is 3.18. The molecule has 4 nitrogen and oxygen atoms in total. The molecule has 2 heterocycles. The second-order valence-corrected chi connectivity index (χ2v) is 5.36. The van der Waals surface area contributed by atoms with Crippen LogP contribution in [0.2, 0.25) is 5.02 Å². The zero-order valence-corrected chi connectivity index (χ0v) is 12.3. The number of nitrogens with zero attached hydrogens (tertiary/aromatic N) is 1. The molecule has 0 unspecified atom stereocenters. The molecule has 0 spiro atoms. The summed E-state index contributed by atoms with van der Waals surface area (Å²) in [6.07, 6.45) is 4.89. The Morgan fingerprint density at radius 1 is 1.32 bits per heavy atom. The van der Waals surface area contributed by atoms with Crippen molar-refractivity contribution < 1.29 is 9.90 Å². The molecular formula is C17H13ClN2O2. The summed E-state index contributed by atoms with van der Waals surface area (Å²) in [6.45, 7) is 0. The van der Waals surface area contributed by atoms with Crippen molar-refractivity contribution in [1.29, 1.82) is 0 Å². The number of hydrogen-bond acceptors (Lipinski definition) is 2. The van der Waals surface area contributed by atoms with E-state index in [4.69, 9.17) is 16.7 Å². The Morgan fingerprint density at radius 2 is 2.18 bits per heavy atom. The minimum Gasteiger partial charge on any atom is -0.478 e. The number of halogens is 1. The molecule has 110 valence electrons. The molecule has 5 heteroatoms. The second kappa shape index (κ2) is 6.03. The average Bonchev–Trinajstić information content (AvgIpc) is 2.87. The van der Waals surface area contributed by atoms with E-state index in [1.54, 1.807) is 6.20 Å². The van der Waals surface area contributed by atoms with Gasteiger partial charge in [-0.2, -0.15) is 0 Å². The minimum atomic E-state index is -0.989. The number of aromatic nitrogens is 2. The van der Waals surface area contributed by atoms with Gasteiger partial charge in [-0.3, -0.25) is 4.98 Å². The smallest absolute Gasteiger partial charge is 0.328 e. The van der Waals surface area contributed by atoms with E-state index in [9.17, 15) is 4.79 Å². The van der Waals surface area contributed by atoms with Crippen molar-refractivity contribution >= 4 is 34.5 Å². The second-order valence-electron chi connectivity index (χ2n) is 4.92. The Kier molecular flexibility index (Phi) is 3.94. The average molecular weight is 313 g/mol. The van der Waals surface area contributed by atoms with Gasteiger partial charge < -0.3 is 10.1 Å².